The highest BCUT2D eigenvalue weighted by Crippen LogP contribution is 2.31. The number of para-hydroxylation sites is 1. The summed E-state index contributed by atoms with van der Waals surface area (Å²) in [5, 5.41) is 3.09. The zero-order valence-electron chi connectivity index (χ0n) is 11.0. The number of hydrogen-bond acceptors (Lipinski definition) is 3. The highest BCUT2D eigenvalue weighted by Gasteiger charge is 2.08. The summed E-state index contributed by atoms with van der Waals surface area (Å²) in [6.45, 7) is 5.39. The molecule has 0 atom stereocenters. The normalized spacial score (nSPS) is 9.44. The molecule has 0 heterocycles. The Kier molecular flexibility index (Phi) is 9.15. The Labute approximate surface area is 116 Å². The molecule has 0 saturated heterocycles. The predicted molar refractivity (Wildman–Crippen MR) is 70.9 cm³/mol. The van der Waals surface area contributed by atoms with Crippen molar-refractivity contribution in [2.24, 2.45) is 0 Å². The van der Waals surface area contributed by atoms with Crippen LogP contribution in [0.5, 0.6) is 11.5 Å². The number of ether oxygens (including phenoxy) is 2. The molecule has 1 aromatic carbocycles. The number of allylic oxidation sites excluding steroid dienone is 1. The summed E-state index contributed by atoms with van der Waals surface area (Å²) in [5.74, 6) is 1.62. The minimum atomic E-state index is 0. The van der Waals surface area contributed by atoms with E-state index in [-0.39, 0.29) is 12.4 Å². The van der Waals surface area contributed by atoms with Gasteiger partial charge >= 0.3 is 0 Å². The molecule has 1 rings (SSSR count). The summed E-state index contributed by atoms with van der Waals surface area (Å²) in [7, 11) is 3.60. The molecule has 1 aromatic rings. The van der Waals surface area contributed by atoms with Crippen LogP contribution in [0.1, 0.15) is 12.0 Å². The zero-order chi connectivity index (χ0) is 12.5. The van der Waals surface area contributed by atoms with Crippen LogP contribution in [0.15, 0.2) is 30.9 Å². The smallest absolute Gasteiger partial charge is 0.164 e. The molecule has 0 amide bonds. The first kappa shape index (κ1) is 16.8. The van der Waals surface area contributed by atoms with Gasteiger partial charge in [0, 0.05) is 5.56 Å². The van der Waals surface area contributed by atoms with E-state index >= 15 is 0 Å². The van der Waals surface area contributed by atoms with Gasteiger partial charge in [0.1, 0.15) is 0 Å². The SMILES string of the molecule is C=CCc1cccc(OC)c1OCCCNC.[Cl-]. The molecule has 1 N–H and O–H groups in total. The van der Waals surface area contributed by atoms with Gasteiger partial charge in [0.2, 0.25) is 0 Å². The maximum Gasteiger partial charge on any atom is 0.164 e. The molecule has 0 aliphatic carbocycles. The molecule has 0 saturated carbocycles. The van der Waals surface area contributed by atoms with Gasteiger partial charge in [0.25, 0.3) is 0 Å². The van der Waals surface area contributed by atoms with Gasteiger partial charge in [-0.1, -0.05) is 18.2 Å². The van der Waals surface area contributed by atoms with Crippen LogP contribution in [-0.4, -0.2) is 27.3 Å². The van der Waals surface area contributed by atoms with Gasteiger partial charge < -0.3 is 27.2 Å². The number of nitrogens with one attached hydrogen (secondary N) is 1. The molecule has 0 aliphatic heterocycles. The molecular formula is C14H21ClNO2-. The summed E-state index contributed by atoms with van der Waals surface area (Å²) in [4.78, 5) is 0. The van der Waals surface area contributed by atoms with Crippen LogP contribution in [0, 0.1) is 0 Å². The summed E-state index contributed by atoms with van der Waals surface area (Å²) in [6.07, 6.45) is 3.63. The number of halogens is 1. The zero-order valence-corrected chi connectivity index (χ0v) is 11.8. The summed E-state index contributed by atoms with van der Waals surface area (Å²) in [5.41, 5.74) is 1.11. The van der Waals surface area contributed by atoms with Crippen LogP contribution in [0.3, 0.4) is 0 Å². The Hall–Kier alpha value is -1.19. The fourth-order valence-corrected chi connectivity index (χ4v) is 1.63. The summed E-state index contributed by atoms with van der Waals surface area (Å²) in [6, 6.07) is 5.93. The Bertz CT molecular complexity index is 356. The topological polar surface area (TPSA) is 30.5 Å². The molecule has 0 unspecified atom stereocenters. The van der Waals surface area contributed by atoms with Crippen molar-refractivity contribution in [3.63, 3.8) is 0 Å². The lowest BCUT2D eigenvalue weighted by atomic mass is 10.1. The van der Waals surface area contributed by atoms with E-state index < -0.39 is 0 Å². The van der Waals surface area contributed by atoms with Crippen molar-refractivity contribution in [1.82, 2.24) is 5.32 Å². The third-order valence-corrected chi connectivity index (χ3v) is 2.46. The van der Waals surface area contributed by atoms with E-state index in [1.165, 1.54) is 0 Å². The van der Waals surface area contributed by atoms with Crippen LogP contribution >= 0.6 is 0 Å². The second-order valence-corrected chi connectivity index (χ2v) is 3.75. The third kappa shape index (κ3) is 4.98. The Morgan fingerprint density at radius 2 is 2.17 bits per heavy atom. The second kappa shape index (κ2) is 9.80. The molecule has 0 bridgehead atoms. The largest absolute Gasteiger partial charge is 1.00 e. The van der Waals surface area contributed by atoms with Crippen molar-refractivity contribution in [3.05, 3.63) is 36.4 Å². The molecule has 3 nitrogen and oxygen atoms in total. The monoisotopic (exact) mass is 270 g/mol. The molecule has 0 radical (unpaired) electrons. The van der Waals surface area contributed by atoms with Crippen LogP contribution in [0.4, 0.5) is 0 Å². The van der Waals surface area contributed by atoms with Gasteiger partial charge in [-0.3, -0.25) is 0 Å². The molecular weight excluding hydrogens is 250 g/mol. The first-order chi connectivity index (χ1) is 8.33. The molecule has 0 spiro atoms. The van der Waals surface area contributed by atoms with Gasteiger partial charge in [-0.25, -0.2) is 0 Å². The summed E-state index contributed by atoms with van der Waals surface area (Å²) < 4.78 is 11.1. The van der Waals surface area contributed by atoms with Gasteiger partial charge in [-0.05, 0) is 32.5 Å². The van der Waals surface area contributed by atoms with E-state index in [1.807, 2.05) is 31.3 Å². The van der Waals surface area contributed by atoms with E-state index in [0.717, 1.165) is 36.4 Å². The molecule has 0 aliphatic rings. The predicted octanol–water partition coefficient (Wildman–Crippen LogP) is -0.584. The van der Waals surface area contributed by atoms with Crippen LogP contribution in [-0.2, 0) is 6.42 Å². The number of methoxy groups -OCH3 is 1. The van der Waals surface area contributed by atoms with E-state index in [9.17, 15) is 0 Å². The van der Waals surface area contributed by atoms with Crippen molar-refractivity contribution in [2.75, 3.05) is 27.3 Å². The van der Waals surface area contributed by atoms with Gasteiger partial charge in [-0.2, -0.15) is 0 Å². The summed E-state index contributed by atoms with van der Waals surface area (Å²) >= 11 is 0. The minimum absolute atomic E-state index is 0. The quantitative estimate of drug-likeness (QED) is 0.506. The lowest BCUT2D eigenvalue weighted by Crippen LogP contribution is -3.00. The second-order valence-electron chi connectivity index (χ2n) is 3.75. The van der Waals surface area contributed by atoms with E-state index in [1.54, 1.807) is 7.11 Å². The standard InChI is InChI=1S/C14H21NO2.ClH/c1-4-7-12-8-5-9-13(16-3)14(12)17-11-6-10-15-2;/h4-5,8-9,15H,1,6-7,10-11H2,2-3H3;1H/p-1. The van der Waals surface area contributed by atoms with Gasteiger partial charge in [-0.15, -0.1) is 6.58 Å². The van der Waals surface area contributed by atoms with Crippen LogP contribution < -0.4 is 27.2 Å². The molecule has 0 fully saturated rings. The Balaban J connectivity index is 0.00000289. The first-order valence-electron chi connectivity index (χ1n) is 5.87. The van der Waals surface area contributed by atoms with Gasteiger partial charge in [0.05, 0.1) is 13.7 Å². The lowest BCUT2D eigenvalue weighted by Gasteiger charge is -2.14. The van der Waals surface area contributed by atoms with Crippen molar-refractivity contribution in [1.29, 1.82) is 0 Å². The average molecular weight is 271 g/mol. The van der Waals surface area contributed by atoms with Crippen molar-refractivity contribution >= 4 is 0 Å². The number of hydrogen-bond donors (Lipinski definition) is 1. The molecule has 4 heteroatoms. The van der Waals surface area contributed by atoms with E-state index in [4.69, 9.17) is 9.47 Å². The molecule has 0 aromatic heterocycles. The Morgan fingerprint density at radius 1 is 1.39 bits per heavy atom. The third-order valence-electron chi connectivity index (χ3n) is 2.46. The highest BCUT2D eigenvalue weighted by molar-refractivity contribution is 5.47. The maximum atomic E-state index is 5.80. The van der Waals surface area contributed by atoms with Crippen molar-refractivity contribution in [3.8, 4) is 11.5 Å². The fraction of sp³-hybridized carbons (Fsp3) is 0.429. The first-order valence-corrected chi connectivity index (χ1v) is 5.87. The average Bonchev–Trinajstić information content (AvgIpc) is 2.36. The Morgan fingerprint density at radius 3 is 2.78 bits per heavy atom. The van der Waals surface area contributed by atoms with E-state index in [2.05, 4.69) is 11.9 Å². The maximum absolute atomic E-state index is 5.80. The minimum Gasteiger partial charge on any atom is -1.00 e. The fourth-order valence-electron chi connectivity index (χ4n) is 1.63. The van der Waals surface area contributed by atoms with Gasteiger partial charge in [0.15, 0.2) is 11.5 Å². The van der Waals surface area contributed by atoms with Crippen LogP contribution in [0.2, 0.25) is 0 Å². The van der Waals surface area contributed by atoms with Crippen molar-refractivity contribution in [2.45, 2.75) is 12.8 Å². The van der Waals surface area contributed by atoms with Crippen molar-refractivity contribution < 1.29 is 21.9 Å². The molecule has 102 valence electrons. The number of benzene rings is 1. The molecule has 18 heavy (non-hydrogen) atoms. The van der Waals surface area contributed by atoms with E-state index in [0.29, 0.717) is 6.61 Å². The lowest BCUT2D eigenvalue weighted by molar-refractivity contribution is -0.00000423. The number of rotatable bonds is 8. The van der Waals surface area contributed by atoms with Crippen LogP contribution in [0.25, 0.3) is 0 Å². The highest BCUT2D eigenvalue weighted by atomic mass is 35.5.